The molecule has 0 unspecified atom stereocenters. The Labute approximate surface area is 378 Å². The highest BCUT2D eigenvalue weighted by Crippen LogP contribution is 2.49. The molecule has 0 spiro atoms. The van der Waals surface area contributed by atoms with Crippen LogP contribution in [0.3, 0.4) is 0 Å². The van der Waals surface area contributed by atoms with E-state index in [1.807, 2.05) is 18.2 Å². The number of aryl methyl sites for hydroxylation is 1. The molecule has 1 aliphatic carbocycles. The van der Waals surface area contributed by atoms with Crippen molar-refractivity contribution in [1.29, 1.82) is 0 Å². The Morgan fingerprint density at radius 2 is 1.03 bits per heavy atom. The molecule has 0 N–H and O–H groups in total. The number of rotatable bonds is 4. The third-order valence-corrected chi connectivity index (χ3v) is 14.8. The van der Waals surface area contributed by atoms with E-state index in [0.717, 1.165) is 67.8 Å². The van der Waals surface area contributed by atoms with Gasteiger partial charge >= 0.3 is 0 Å². The van der Waals surface area contributed by atoms with E-state index in [2.05, 4.69) is 176 Å². The second-order valence-corrected chi connectivity index (χ2v) is 18.5. The quantitative estimate of drug-likeness (QED) is 0.177. The average molecular weight is 848 g/mol. The summed E-state index contributed by atoms with van der Waals surface area (Å²) in [6.07, 6.45) is 1.82. The highest BCUT2D eigenvalue weighted by Gasteiger charge is 2.30. The van der Waals surface area contributed by atoms with Gasteiger partial charge in [0.25, 0.3) is 0 Å². The number of thiophene rings is 1. The summed E-state index contributed by atoms with van der Waals surface area (Å²) in [5.41, 5.74) is 11.1. The number of nitrogens with zero attached hydrogens (tertiary/aromatic N) is 3. The zero-order valence-corrected chi connectivity index (χ0v) is 35.9. The summed E-state index contributed by atoms with van der Waals surface area (Å²) in [5.74, 6) is 1.92. The Bertz CT molecular complexity index is 4090. The van der Waals surface area contributed by atoms with Crippen LogP contribution in [0.2, 0.25) is 0 Å². The van der Waals surface area contributed by atoms with Crippen LogP contribution in [-0.2, 0) is 6.42 Å². The van der Waals surface area contributed by atoms with Crippen molar-refractivity contribution in [2.45, 2.75) is 18.8 Å². The minimum Gasteiger partial charge on any atom is -0.455 e. The molecular formula is C60H37N3OS. The normalized spacial score (nSPS) is 13.9. The Hall–Kier alpha value is -7.99. The largest absolute Gasteiger partial charge is 0.455 e. The number of benzene rings is 10. The van der Waals surface area contributed by atoms with Gasteiger partial charge in [-0.25, -0.2) is 15.0 Å². The van der Waals surface area contributed by atoms with Gasteiger partial charge in [-0.3, -0.25) is 0 Å². The highest BCUT2D eigenvalue weighted by molar-refractivity contribution is 7.25. The lowest BCUT2D eigenvalue weighted by Crippen LogP contribution is -2.05. The maximum absolute atomic E-state index is 7.22. The maximum atomic E-state index is 7.22. The number of hydrogen-bond donors (Lipinski definition) is 0. The van der Waals surface area contributed by atoms with Gasteiger partial charge in [0, 0.05) is 64.5 Å². The molecule has 4 nitrogen and oxygen atoms in total. The van der Waals surface area contributed by atoms with Gasteiger partial charge in [-0.2, -0.15) is 0 Å². The zero-order valence-electron chi connectivity index (χ0n) is 35.1. The maximum Gasteiger partial charge on any atom is 0.164 e. The third-order valence-electron chi connectivity index (χ3n) is 13.7. The first-order valence-corrected chi connectivity index (χ1v) is 23.2. The molecule has 0 saturated heterocycles. The molecule has 0 aliphatic heterocycles. The van der Waals surface area contributed by atoms with E-state index in [0.29, 0.717) is 17.5 Å². The molecule has 3 heterocycles. The van der Waals surface area contributed by atoms with E-state index < -0.39 is 0 Å². The SMILES string of the molecule is c1ccc(-c2nc(-c3ccc4c(c3)sc3ccccc34)nc(-c3cc([C@@H]4CCc5cc6ccccc6cc5-c5c4ccc4ccccc54)c4oc5c6ccccc6ccc5c4c3)n2)cc1. The van der Waals surface area contributed by atoms with E-state index >= 15 is 0 Å². The lowest BCUT2D eigenvalue weighted by molar-refractivity contribution is 0.650. The van der Waals surface area contributed by atoms with Crippen LogP contribution < -0.4 is 0 Å². The summed E-state index contributed by atoms with van der Waals surface area (Å²) in [6.45, 7) is 0. The Morgan fingerprint density at radius 1 is 0.400 bits per heavy atom. The zero-order chi connectivity index (χ0) is 42.6. The molecule has 0 fully saturated rings. The lowest BCUT2D eigenvalue weighted by atomic mass is 9.82. The minimum absolute atomic E-state index is 0.00432. The van der Waals surface area contributed by atoms with E-state index in [1.165, 1.54) is 64.0 Å². The molecule has 13 aromatic rings. The van der Waals surface area contributed by atoms with Gasteiger partial charge in [0.05, 0.1) is 0 Å². The van der Waals surface area contributed by atoms with Crippen molar-refractivity contribution < 1.29 is 4.42 Å². The third kappa shape index (κ3) is 5.79. The lowest BCUT2D eigenvalue weighted by Gasteiger charge is -2.21. The van der Waals surface area contributed by atoms with E-state index in [4.69, 9.17) is 19.4 Å². The Balaban J connectivity index is 1.04. The van der Waals surface area contributed by atoms with E-state index in [-0.39, 0.29) is 5.92 Å². The van der Waals surface area contributed by atoms with Gasteiger partial charge in [0.2, 0.25) is 0 Å². The van der Waals surface area contributed by atoms with Crippen molar-refractivity contribution in [3.63, 3.8) is 0 Å². The van der Waals surface area contributed by atoms with Crippen LogP contribution in [-0.4, -0.2) is 15.0 Å². The van der Waals surface area contributed by atoms with Crippen LogP contribution in [0.15, 0.2) is 199 Å². The molecule has 1 aliphatic rings. The van der Waals surface area contributed by atoms with Gasteiger partial charge in [0.15, 0.2) is 17.5 Å². The number of hydrogen-bond acceptors (Lipinski definition) is 5. The highest BCUT2D eigenvalue weighted by atomic mass is 32.1. The molecule has 3 aromatic heterocycles. The van der Waals surface area contributed by atoms with Crippen LogP contribution in [0.1, 0.15) is 29.0 Å². The van der Waals surface area contributed by atoms with Crippen LogP contribution in [0, 0.1) is 0 Å². The molecule has 14 rings (SSSR count). The molecule has 0 bridgehead atoms. The van der Waals surface area contributed by atoms with Crippen molar-refractivity contribution in [2.24, 2.45) is 0 Å². The number of fused-ring (bicyclic) bond motifs is 14. The van der Waals surface area contributed by atoms with Crippen molar-refractivity contribution in [3.8, 4) is 45.3 Å². The van der Waals surface area contributed by atoms with Crippen molar-refractivity contribution in [3.05, 3.63) is 211 Å². The standard InChI is InChI=1S/C60H37N3OS/c1-2-14-37(15-3-1)58-61-59(41-25-27-47-46-20-10-11-21-53(46)65-54(47)34-41)63-60(62-58)42-32-51(57-52(33-42)49-29-23-36-13-7-9-19-44(36)56(49)64-57)45-26-24-40-30-38-16-4-5-17-39(38)31-50(40)55-43-18-8-6-12-35(43)22-28-48(45)55/h1-23,25,27-34,45H,24,26H2/t45-/m1/s1. The predicted molar refractivity (Wildman–Crippen MR) is 271 cm³/mol. The summed E-state index contributed by atoms with van der Waals surface area (Å²) >= 11 is 1.80. The molecule has 5 heteroatoms. The van der Waals surface area contributed by atoms with Crippen molar-refractivity contribution in [2.75, 3.05) is 0 Å². The first-order chi connectivity index (χ1) is 32.2. The smallest absolute Gasteiger partial charge is 0.164 e. The number of aromatic nitrogens is 3. The number of furan rings is 1. The molecular weight excluding hydrogens is 811 g/mol. The summed E-state index contributed by atoms with van der Waals surface area (Å²) < 4.78 is 9.70. The molecule has 10 aromatic carbocycles. The topological polar surface area (TPSA) is 51.8 Å². The Morgan fingerprint density at radius 3 is 1.86 bits per heavy atom. The fraction of sp³-hybridized carbons (Fsp3) is 0.0500. The molecule has 65 heavy (non-hydrogen) atoms. The fourth-order valence-corrected chi connectivity index (χ4v) is 11.8. The molecule has 1 atom stereocenters. The monoisotopic (exact) mass is 847 g/mol. The average Bonchev–Trinajstić information content (AvgIpc) is 3.89. The van der Waals surface area contributed by atoms with Gasteiger partial charge in [-0.1, -0.05) is 158 Å². The van der Waals surface area contributed by atoms with Crippen molar-refractivity contribution in [1.82, 2.24) is 15.0 Å². The van der Waals surface area contributed by atoms with Gasteiger partial charge in [-0.05, 0) is 98.4 Å². The van der Waals surface area contributed by atoms with Crippen LogP contribution in [0.4, 0.5) is 0 Å². The van der Waals surface area contributed by atoms with Gasteiger partial charge in [-0.15, -0.1) is 11.3 Å². The van der Waals surface area contributed by atoms with Crippen LogP contribution in [0.5, 0.6) is 0 Å². The summed E-state index contributed by atoms with van der Waals surface area (Å²) in [5, 5.41) is 11.9. The van der Waals surface area contributed by atoms with E-state index in [1.54, 1.807) is 11.3 Å². The van der Waals surface area contributed by atoms with Gasteiger partial charge < -0.3 is 4.42 Å². The molecule has 0 saturated carbocycles. The summed E-state index contributed by atoms with van der Waals surface area (Å²) in [7, 11) is 0. The molecule has 0 radical (unpaired) electrons. The molecule has 304 valence electrons. The first kappa shape index (κ1) is 36.5. The second-order valence-electron chi connectivity index (χ2n) is 17.4. The van der Waals surface area contributed by atoms with Gasteiger partial charge in [0.1, 0.15) is 11.2 Å². The van der Waals surface area contributed by atoms with Crippen molar-refractivity contribution >= 4 is 85.8 Å². The molecule has 0 amide bonds. The minimum atomic E-state index is 0.00432. The first-order valence-electron chi connectivity index (χ1n) is 22.3. The fourth-order valence-electron chi connectivity index (χ4n) is 10.6. The second kappa shape index (κ2) is 14.3. The predicted octanol–water partition coefficient (Wildman–Crippen LogP) is 16.3. The Kier molecular flexibility index (Phi) is 8.01. The van der Waals surface area contributed by atoms with E-state index in [9.17, 15) is 0 Å². The van der Waals surface area contributed by atoms with Crippen LogP contribution >= 0.6 is 11.3 Å². The summed E-state index contributed by atoms with van der Waals surface area (Å²) in [6, 6.07) is 70.2. The van der Waals surface area contributed by atoms with Crippen LogP contribution in [0.25, 0.3) is 120 Å². The summed E-state index contributed by atoms with van der Waals surface area (Å²) in [4.78, 5) is 15.9.